The number of nitrogens with zero attached hydrogens (tertiary/aromatic N) is 3. The number of halogens is 4. The van der Waals surface area contributed by atoms with Crippen molar-refractivity contribution in [2.45, 2.75) is 32.7 Å². The Morgan fingerprint density at radius 2 is 2.00 bits per heavy atom. The van der Waals surface area contributed by atoms with Gasteiger partial charge in [0.15, 0.2) is 0 Å². The average Bonchev–Trinajstić information content (AvgIpc) is 2.70. The summed E-state index contributed by atoms with van der Waals surface area (Å²) in [6.07, 6.45) is 0.477. The fourth-order valence-corrected chi connectivity index (χ4v) is 3.47. The summed E-state index contributed by atoms with van der Waals surface area (Å²) in [6.45, 7) is 7.39. The Balaban J connectivity index is 2.09. The van der Waals surface area contributed by atoms with Crippen LogP contribution in [-0.4, -0.2) is 14.5 Å². The zero-order chi connectivity index (χ0) is 21.3. The van der Waals surface area contributed by atoms with Gasteiger partial charge in [0.05, 0.1) is 22.5 Å². The number of nitrogens with one attached hydrogen (secondary N) is 1. The van der Waals surface area contributed by atoms with E-state index >= 15 is 0 Å². The van der Waals surface area contributed by atoms with E-state index in [4.69, 9.17) is 0 Å². The standard InChI is InChI=1S/C20H18BrF3N4O/c1-4-10(2)28-8-14-17(15(21)20(28)29)25-9-26-19(14)27-11(3)12-6-5-7-13(16(12)22)18(23)24/h5-9,11,18H,2,4H2,1,3H3,(H,25,26,27)/t11-/m0/s1. The van der Waals surface area contributed by atoms with Gasteiger partial charge in [0.25, 0.3) is 12.0 Å². The number of rotatable bonds is 6. The summed E-state index contributed by atoms with van der Waals surface area (Å²) in [4.78, 5) is 20.9. The third-order valence-corrected chi connectivity index (χ3v) is 5.33. The number of aromatic nitrogens is 3. The van der Waals surface area contributed by atoms with E-state index < -0.39 is 23.8 Å². The van der Waals surface area contributed by atoms with Crippen molar-refractivity contribution in [1.82, 2.24) is 14.5 Å². The highest BCUT2D eigenvalue weighted by Crippen LogP contribution is 2.31. The van der Waals surface area contributed by atoms with E-state index in [9.17, 15) is 18.0 Å². The minimum atomic E-state index is -2.91. The summed E-state index contributed by atoms with van der Waals surface area (Å²) >= 11 is 3.28. The maximum atomic E-state index is 14.5. The molecule has 0 aliphatic rings. The number of hydrogen-bond donors (Lipinski definition) is 1. The van der Waals surface area contributed by atoms with Gasteiger partial charge >= 0.3 is 0 Å². The van der Waals surface area contributed by atoms with Crippen LogP contribution in [0.3, 0.4) is 0 Å². The molecule has 0 bridgehead atoms. The van der Waals surface area contributed by atoms with Crippen LogP contribution in [0.2, 0.25) is 0 Å². The lowest BCUT2D eigenvalue weighted by Gasteiger charge is -2.19. The molecule has 0 aliphatic carbocycles. The molecule has 0 saturated carbocycles. The number of alkyl halides is 2. The van der Waals surface area contributed by atoms with E-state index in [0.717, 1.165) is 6.07 Å². The number of hydrogen-bond acceptors (Lipinski definition) is 4. The molecule has 0 radical (unpaired) electrons. The first kappa shape index (κ1) is 21.0. The monoisotopic (exact) mass is 466 g/mol. The van der Waals surface area contributed by atoms with E-state index in [1.54, 1.807) is 13.1 Å². The van der Waals surface area contributed by atoms with Crippen molar-refractivity contribution in [2.75, 3.05) is 5.32 Å². The van der Waals surface area contributed by atoms with Gasteiger partial charge in [0, 0.05) is 17.5 Å². The van der Waals surface area contributed by atoms with Crippen molar-refractivity contribution >= 4 is 38.3 Å². The molecule has 3 aromatic rings. The molecule has 3 rings (SSSR count). The third kappa shape index (κ3) is 3.91. The van der Waals surface area contributed by atoms with E-state index in [0.29, 0.717) is 28.8 Å². The summed E-state index contributed by atoms with van der Waals surface area (Å²) in [7, 11) is 0. The molecule has 0 spiro atoms. The Morgan fingerprint density at radius 3 is 2.66 bits per heavy atom. The van der Waals surface area contributed by atoms with Crippen LogP contribution in [0.25, 0.3) is 16.6 Å². The van der Waals surface area contributed by atoms with Gasteiger partial charge < -0.3 is 5.32 Å². The summed E-state index contributed by atoms with van der Waals surface area (Å²) in [5.74, 6) is -0.624. The SMILES string of the molecule is C=C(CC)n1cc2c(N[C@@H](C)c3cccc(C(F)F)c3F)ncnc2c(Br)c1=O. The number of pyridine rings is 1. The molecule has 29 heavy (non-hydrogen) atoms. The van der Waals surface area contributed by atoms with Crippen LogP contribution in [0.5, 0.6) is 0 Å². The highest BCUT2D eigenvalue weighted by atomic mass is 79.9. The second-order valence-corrected chi connectivity index (χ2v) is 7.23. The third-order valence-electron chi connectivity index (χ3n) is 4.62. The number of benzene rings is 1. The number of anilines is 1. The van der Waals surface area contributed by atoms with E-state index in [2.05, 4.69) is 37.8 Å². The molecule has 2 aromatic heterocycles. The first-order valence-corrected chi connectivity index (χ1v) is 9.62. The minimum Gasteiger partial charge on any atom is -0.363 e. The first-order valence-electron chi connectivity index (χ1n) is 8.83. The van der Waals surface area contributed by atoms with Gasteiger partial charge in [-0.05, 0) is 29.3 Å². The fraction of sp³-hybridized carbons (Fsp3) is 0.250. The Labute approximate surface area is 173 Å². The lowest BCUT2D eigenvalue weighted by atomic mass is 10.0. The summed E-state index contributed by atoms with van der Waals surface area (Å²) < 4.78 is 42.2. The van der Waals surface area contributed by atoms with Crippen molar-refractivity contribution in [3.8, 4) is 0 Å². The molecule has 1 aromatic carbocycles. The predicted molar refractivity (Wildman–Crippen MR) is 111 cm³/mol. The van der Waals surface area contributed by atoms with Crippen molar-refractivity contribution in [3.63, 3.8) is 0 Å². The van der Waals surface area contributed by atoms with Gasteiger partial charge in [0.1, 0.15) is 22.4 Å². The largest absolute Gasteiger partial charge is 0.363 e. The van der Waals surface area contributed by atoms with Gasteiger partial charge in [0.2, 0.25) is 0 Å². The molecule has 2 heterocycles. The maximum absolute atomic E-state index is 14.5. The highest BCUT2D eigenvalue weighted by Gasteiger charge is 2.21. The van der Waals surface area contributed by atoms with Crippen LogP contribution in [0.4, 0.5) is 19.0 Å². The van der Waals surface area contributed by atoms with E-state index in [-0.39, 0.29) is 15.6 Å². The van der Waals surface area contributed by atoms with Crippen LogP contribution >= 0.6 is 15.9 Å². The second kappa shape index (κ2) is 8.36. The molecule has 0 amide bonds. The zero-order valence-electron chi connectivity index (χ0n) is 15.7. The molecule has 9 heteroatoms. The molecule has 1 N–H and O–H groups in total. The topological polar surface area (TPSA) is 59.8 Å². The summed E-state index contributed by atoms with van der Waals surface area (Å²) in [5.41, 5.74) is 0.0787. The summed E-state index contributed by atoms with van der Waals surface area (Å²) in [6, 6.07) is 3.21. The molecule has 152 valence electrons. The van der Waals surface area contributed by atoms with Gasteiger partial charge in [-0.25, -0.2) is 23.1 Å². The van der Waals surface area contributed by atoms with Gasteiger partial charge in [-0.2, -0.15) is 0 Å². The zero-order valence-corrected chi connectivity index (χ0v) is 17.3. The molecule has 5 nitrogen and oxygen atoms in total. The van der Waals surface area contributed by atoms with Crippen LogP contribution < -0.4 is 10.9 Å². The molecule has 0 unspecified atom stereocenters. The molecule has 1 atom stereocenters. The maximum Gasteiger partial charge on any atom is 0.271 e. The van der Waals surface area contributed by atoms with Gasteiger partial charge in [-0.3, -0.25) is 9.36 Å². The second-order valence-electron chi connectivity index (χ2n) is 6.44. The summed E-state index contributed by atoms with van der Waals surface area (Å²) in [5, 5.41) is 3.54. The lowest BCUT2D eigenvalue weighted by Crippen LogP contribution is -2.20. The van der Waals surface area contributed by atoms with Crippen molar-refractivity contribution in [2.24, 2.45) is 0 Å². The predicted octanol–water partition coefficient (Wildman–Crippen LogP) is 5.68. The van der Waals surface area contributed by atoms with E-state index in [1.165, 1.54) is 23.0 Å². The van der Waals surface area contributed by atoms with Crippen molar-refractivity contribution in [1.29, 1.82) is 0 Å². The van der Waals surface area contributed by atoms with Crippen molar-refractivity contribution in [3.05, 3.63) is 69.1 Å². The molecular weight excluding hydrogens is 449 g/mol. The minimum absolute atomic E-state index is 0.0833. The van der Waals surface area contributed by atoms with E-state index in [1.807, 2.05) is 6.92 Å². The number of fused-ring (bicyclic) bond motifs is 1. The van der Waals surface area contributed by atoms with Gasteiger partial charge in [-0.15, -0.1) is 0 Å². The van der Waals surface area contributed by atoms with Crippen LogP contribution in [0.15, 0.2) is 46.6 Å². The first-order chi connectivity index (χ1) is 13.8. The lowest BCUT2D eigenvalue weighted by molar-refractivity contribution is 0.146. The number of allylic oxidation sites excluding steroid dienone is 1. The average molecular weight is 467 g/mol. The fourth-order valence-electron chi connectivity index (χ4n) is 2.96. The smallest absolute Gasteiger partial charge is 0.271 e. The Hall–Kier alpha value is -2.68. The van der Waals surface area contributed by atoms with Crippen LogP contribution in [0.1, 0.15) is 43.9 Å². The van der Waals surface area contributed by atoms with Crippen molar-refractivity contribution < 1.29 is 13.2 Å². The molecule has 0 aliphatic heterocycles. The quantitative estimate of drug-likeness (QED) is 0.507. The normalized spacial score (nSPS) is 12.4. The highest BCUT2D eigenvalue weighted by molar-refractivity contribution is 9.10. The van der Waals surface area contributed by atoms with Crippen LogP contribution in [-0.2, 0) is 0 Å². The Kier molecular flexibility index (Phi) is 6.07. The molecule has 0 fully saturated rings. The molecule has 0 saturated heterocycles. The Morgan fingerprint density at radius 1 is 1.31 bits per heavy atom. The Bertz CT molecular complexity index is 1150. The van der Waals surface area contributed by atoms with Gasteiger partial charge in [-0.1, -0.05) is 31.7 Å². The van der Waals surface area contributed by atoms with Crippen LogP contribution in [0, 0.1) is 5.82 Å². The molecular formula is C20H18BrF3N4O.